The lowest BCUT2D eigenvalue weighted by molar-refractivity contribution is -0.137. The Morgan fingerprint density at radius 2 is 1.88 bits per heavy atom. The molecule has 1 atom stereocenters. The van der Waals surface area contributed by atoms with Gasteiger partial charge in [0.25, 0.3) is 8.32 Å². The van der Waals surface area contributed by atoms with Gasteiger partial charge < -0.3 is 14.6 Å². The van der Waals surface area contributed by atoms with Crippen LogP contribution in [0.3, 0.4) is 0 Å². The van der Waals surface area contributed by atoms with E-state index in [0.29, 0.717) is 19.3 Å². The second-order valence-electron chi connectivity index (χ2n) is 7.97. The molecule has 0 radical (unpaired) electrons. The first-order valence-electron chi connectivity index (χ1n) is 8.89. The highest BCUT2D eigenvalue weighted by molar-refractivity contribution is 6.74. The highest BCUT2D eigenvalue weighted by atomic mass is 28.4. The lowest BCUT2D eigenvalue weighted by Crippen LogP contribution is -2.44. The van der Waals surface area contributed by atoms with Crippen molar-refractivity contribution in [1.29, 1.82) is 0 Å². The lowest BCUT2D eigenvalue weighted by Gasteiger charge is -2.36. The molecule has 5 heteroatoms. The molecule has 0 amide bonds. The maximum Gasteiger partial charge on any atom is 0.303 e. The summed E-state index contributed by atoms with van der Waals surface area (Å²) in [6, 6.07) is 7.87. The first-order valence-corrected chi connectivity index (χ1v) is 11.8. The van der Waals surface area contributed by atoms with Crippen LogP contribution in [0.5, 0.6) is 5.75 Å². The summed E-state index contributed by atoms with van der Waals surface area (Å²) in [6.07, 6.45) is 5.08. The minimum Gasteiger partial charge on any atom is -0.543 e. The van der Waals surface area contributed by atoms with Crippen LogP contribution in [0.4, 0.5) is 0 Å². The monoisotopic (exact) mass is 364 g/mol. The number of benzene rings is 1. The van der Waals surface area contributed by atoms with Crippen LogP contribution in [0, 0.1) is 0 Å². The van der Waals surface area contributed by atoms with Gasteiger partial charge in [-0.15, -0.1) is 0 Å². The van der Waals surface area contributed by atoms with Gasteiger partial charge in [-0.2, -0.15) is 0 Å². The van der Waals surface area contributed by atoms with Crippen LogP contribution in [0.2, 0.25) is 18.1 Å². The van der Waals surface area contributed by atoms with Gasteiger partial charge in [-0.05, 0) is 43.5 Å². The largest absolute Gasteiger partial charge is 0.543 e. The van der Waals surface area contributed by atoms with Gasteiger partial charge in [0.05, 0.1) is 6.10 Å². The van der Waals surface area contributed by atoms with Gasteiger partial charge in [0, 0.05) is 12.0 Å². The molecule has 1 rings (SSSR count). The molecule has 1 aromatic rings. The zero-order valence-electron chi connectivity index (χ0n) is 16.1. The van der Waals surface area contributed by atoms with E-state index < -0.39 is 20.4 Å². The van der Waals surface area contributed by atoms with Crippen molar-refractivity contribution in [3.05, 3.63) is 35.9 Å². The molecule has 0 aromatic heterocycles. The van der Waals surface area contributed by atoms with Crippen LogP contribution < -0.4 is 4.43 Å². The molecule has 0 aliphatic carbocycles. The summed E-state index contributed by atoms with van der Waals surface area (Å²) in [5.74, 6) is 0.0603. The molecular weight excluding hydrogens is 332 g/mol. The van der Waals surface area contributed by atoms with Crippen molar-refractivity contribution in [3.8, 4) is 5.75 Å². The predicted molar refractivity (Wildman–Crippen MR) is 105 cm³/mol. The van der Waals surface area contributed by atoms with Gasteiger partial charge in [-0.3, -0.25) is 4.79 Å². The van der Waals surface area contributed by atoms with Crippen molar-refractivity contribution in [1.82, 2.24) is 0 Å². The third kappa shape index (κ3) is 7.44. The van der Waals surface area contributed by atoms with Crippen molar-refractivity contribution < 1.29 is 19.4 Å². The summed E-state index contributed by atoms with van der Waals surface area (Å²) < 4.78 is 6.40. The highest BCUT2D eigenvalue weighted by Gasteiger charge is 2.39. The summed E-state index contributed by atoms with van der Waals surface area (Å²) in [4.78, 5) is 10.5. The Morgan fingerprint density at radius 3 is 2.48 bits per heavy atom. The van der Waals surface area contributed by atoms with Gasteiger partial charge in [-0.1, -0.05) is 51.1 Å². The van der Waals surface area contributed by atoms with E-state index in [9.17, 15) is 9.90 Å². The molecule has 0 spiro atoms. The van der Waals surface area contributed by atoms with Gasteiger partial charge in [0.15, 0.2) is 0 Å². The minimum atomic E-state index is -1.92. The van der Waals surface area contributed by atoms with Gasteiger partial charge in [0.1, 0.15) is 5.75 Å². The summed E-state index contributed by atoms with van der Waals surface area (Å²) in [5.41, 5.74) is 0.955. The number of rotatable bonds is 9. The Kier molecular flexibility index (Phi) is 7.89. The highest BCUT2D eigenvalue weighted by Crippen LogP contribution is 2.38. The number of carboxylic acids is 1. The Labute approximate surface area is 152 Å². The minimum absolute atomic E-state index is 0.119. The molecule has 0 saturated heterocycles. The van der Waals surface area contributed by atoms with Crippen LogP contribution in [-0.2, 0) is 4.79 Å². The van der Waals surface area contributed by atoms with E-state index in [4.69, 9.17) is 9.53 Å². The zero-order chi connectivity index (χ0) is 19.1. The van der Waals surface area contributed by atoms with E-state index in [1.807, 2.05) is 30.3 Å². The average Bonchev–Trinajstić information content (AvgIpc) is 2.49. The number of hydrogen-bond acceptors (Lipinski definition) is 3. The third-order valence-electron chi connectivity index (χ3n) is 4.73. The predicted octanol–water partition coefficient (Wildman–Crippen LogP) is 5.09. The summed E-state index contributed by atoms with van der Waals surface area (Å²) in [5, 5.41) is 18.8. The maximum absolute atomic E-state index is 10.5. The van der Waals surface area contributed by atoms with Gasteiger partial charge in [-0.25, -0.2) is 0 Å². The molecule has 1 aromatic carbocycles. The fraction of sp³-hybridized carbons (Fsp3) is 0.550. The van der Waals surface area contributed by atoms with Crippen LogP contribution >= 0.6 is 0 Å². The van der Waals surface area contributed by atoms with Crippen LogP contribution in [0.1, 0.15) is 52.0 Å². The zero-order valence-corrected chi connectivity index (χ0v) is 17.1. The number of aliphatic hydroxyl groups excluding tert-OH is 1. The second kappa shape index (κ2) is 9.20. The third-order valence-corrected chi connectivity index (χ3v) is 9.07. The molecule has 0 bridgehead atoms. The normalized spacial score (nSPS) is 13.8. The Balaban J connectivity index is 2.72. The first-order chi connectivity index (χ1) is 11.5. The van der Waals surface area contributed by atoms with Crippen molar-refractivity contribution >= 4 is 20.4 Å². The van der Waals surface area contributed by atoms with Gasteiger partial charge in [0.2, 0.25) is 0 Å². The SMILES string of the molecule is CC(C)(C)[Si](C)(C)Oc1ccccc1C=CC(O)CCCCC(=O)O. The fourth-order valence-corrected chi connectivity index (χ4v) is 3.12. The molecule has 140 valence electrons. The van der Waals surface area contributed by atoms with Crippen LogP contribution in [-0.4, -0.2) is 30.6 Å². The Bertz CT molecular complexity index is 588. The maximum atomic E-state index is 10.5. The molecule has 25 heavy (non-hydrogen) atoms. The molecule has 0 aliphatic heterocycles. The van der Waals surface area contributed by atoms with E-state index >= 15 is 0 Å². The number of carbonyl (C=O) groups is 1. The van der Waals surface area contributed by atoms with E-state index in [-0.39, 0.29) is 11.5 Å². The number of hydrogen-bond donors (Lipinski definition) is 2. The number of unbranched alkanes of at least 4 members (excludes halogenated alkanes) is 1. The molecule has 0 aliphatic rings. The van der Waals surface area contributed by atoms with Crippen LogP contribution in [0.15, 0.2) is 30.3 Å². The first kappa shape index (κ1) is 21.4. The fourth-order valence-electron chi connectivity index (χ4n) is 2.08. The summed E-state index contributed by atoms with van der Waals surface area (Å²) in [7, 11) is -1.92. The standard InChI is InChI=1S/C20H32O4Si/c1-20(2,3)25(4,5)24-18-12-8-6-10-16(18)14-15-17(21)11-7-9-13-19(22)23/h6,8,10,12,14-15,17,21H,7,9,11,13H2,1-5H3,(H,22,23). The molecule has 0 saturated carbocycles. The van der Waals surface area contributed by atoms with Crippen LogP contribution in [0.25, 0.3) is 6.08 Å². The molecule has 1 unspecified atom stereocenters. The number of para-hydroxylation sites is 1. The van der Waals surface area contributed by atoms with Gasteiger partial charge >= 0.3 is 5.97 Å². The number of aliphatic hydroxyl groups is 1. The Hall–Kier alpha value is -1.59. The van der Waals surface area contributed by atoms with E-state index in [0.717, 1.165) is 11.3 Å². The molecule has 2 N–H and O–H groups in total. The van der Waals surface area contributed by atoms with E-state index in [1.54, 1.807) is 6.08 Å². The number of carboxylic acid groups (broad SMARTS) is 1. The summed E-state index contributed by atoms with van der Waals surface area (Å²) >= 11 is 0. The molecule has 0 fully saturated rings. The molecule has 0 heterocycles. The van der Waals surface area contributed by atoms with Crippen molar-refractivity contribution in [2.45, 2.75) is 70.7 Å². The van der Waals surface area contributed by atoms with Crippen molar-refractivity contribution in [2.24, 2.45) is 0 Å². The lowest BCUT2D eigenvalue weighted by atomic mass is 10.1. The number of aliphatic carboxylic acids is 1. The van der Waals surface area contributed by atoms with E-state index in [2.05, 4.69) is 33.9 Å². The Morgan fingerprint density at radius 1 is 1.24 bits per heavy atom. The second-order valence-corrected chi connectivity index (χ2v) is 12.7. The summed E-state index contributed by atoms with van der Waals surface area (Å²) in [6.45, 7) is 11.0. The van der Waals surface area contributed by atoms with Crippen molar-refractivity contribution in [3.63, 3.8) is 0 Å². The van der Waals surface area contributed by atoms with Crippen molar-refractivity contribution in [2.75, 3.05) is 0 Å². The average molecular weight is 365 g/mol. The van der Waals surface area contributed by atoms with E-state index in [1.165, 1.54) is 0 Å². The molecule has 4 nitrogen and oxygen atoms in total. The smallest absolute Gasteiger partial charge is 0.303 e. The molecular formula is C20H32O4Si. The topological polar surface area (TPSA) is 66.8 Å². The quantitative estimate of drug-likeness (QED) is 0.473.